The summed E-state index contributed by atoms with van der Waals surface area (Å²) in [6.45, 7) is 6.97. The van der Waals surface area contributed by atoms with Gasteiger partial charge in [0.2, 0.25) is 5.91 Å². The highest BCUT2D eigenvalue weighted by atomic mass is 32.1. The number of carbonyl (C=O) groups excluding carboxylic acids is 1. The number of likely N-dealkylation sites (tertiary alicyclic amines) is 1. The molecule has 1 aliphatic heterocycles. The highest BCUT2D eigenvalue weighted by molar-refractivity contribution is 7.10. The SMILES string of the molecule is C[C@@H]1CCCN(CC(=O)N[C@H](C)c2cccs2)C1. The molecule has 1 aromatic heterocycles. The molecule has 2 atom stereocenters. The molecule has 0 saturated carbocycles. The van der Waals surface area contributed by atoms with Gasteiger partial charge < -0.3 is 5.32 Å². The summed E-state index contributed by atoms with van der Waals surface area (Å²) in [5.74, 6) is 0.867. The van der Waals surface area contributed by atoms with Crippen LogP contribution in [0.25, 0.3) is 0 Å². The molecule has 1 amide bonds. The highest BCUT2D eigenvalue weighted by Crippen LogP contribution is 2.18. The van der Waals surface area contributed by atoms with Crippen LogP contribution in [0.5, 0.6) is 0 Å². The lowest BCUT2D eigenvalue weighted by Gasteiger charge is -2.30. The van der Waals surface area contributed by atoms with Gasteiger partial charge in [-0.1, -0.05) is 13.0 Å². The van der Waals surface area contributed by atoms with Crippen LogP contribution in [-0.2, 0) is 4.79 Å². The summed E-state index contributed by atoms with van der Waals surface area (Å²) in [7, 11) is 0. The Morgan fingerprint density at radius 1 is 1.67 bits per heavy atom. The van der Waals surface area contributed by atoms with E-state index in [1.165, 1.54) is 17.7 Å². The van der Waals surface area contributed by atoms with Gasteiger partial charge in [-0.05, 0) is 43.7 Å². The molecule has 1 N–H and O–H groups in total. The maximum Gasteiger partial charge on any atom is 0.234 e. The summed E-state index contributed by atoms with van der Waals surface area (Å²) in [6, 6.07) is 4.22. The van der Waals surface area contributed by atoms with Crippen molar-refractivity contribution >= 4 is 17.2 Å². The fraction of sp³-hybridized carbons (Fsp3) is 0.643. The normalized spacial score (nSPS) is 22.7. The summed E-state index contributed by atoms with van der Waals surface area (Å²) < 4.78 is 0. The molecule has 1 aromatic rings. The first-order valence-electron chi connectivity index (χ1n) is 6.70. The molecule has 1 fully saturated rings. The van der Waals surface area contributed by atoms with Gasteiger partial charge >= 0.3 is 0 Å². The number of amides is 1. The van der Waals surface area contributed by atoms with Crippen molar-refractivity contribution in [2.75, 3.05) is 19.6 Å². The third-order valence-corrected chi connectivity index (χ3v) is 4.51. The first-order valence-corrected chi connectivity index (χ1v) is 7.58. The number of piperidine rings is 1. The average molecular weight is 266 g/mol. The largest absolute Gasteiger partial charge is 0.348 e. The molecule has 18 heavy (non-hydrogen) atoms. The van der Waals surface area contributed by atoms with Crippen LogP contribution >= 0.6 is 11.3 Å². The van der Waals surface area contributed by atoms with E-state index in [1.54, 1.807) is 11.3 Å². The maximum atomic E-state index is 12.0. The summed E-state index contributed by atoms with van der Waals surface area (Å²) in [5, 5.41) is 5.12. The lowest BCUT2D eigenvalue weighted by Crippen LogP contribution is -2.42. The first-order chi connectivity index (χ1) is 8.65. The van der Waals surface area contributed by atoms with E-state index in [0.29, 0.717) is 6.54 Å². The number of nitrogens with one attached hydrogen (secondary N) is 1. The van der Waals surface area contributed by atoms with E-state index in [4.69, 9.17) is 0 Å². The molecule has 4 heteroatoms. The predicted molar refractivity (Wildman–Crippen MR) is 75.7 cm³/mol. The van der Waals surface area contributed by atoms with Crippen LogP contribution < -0.4 is 5.32 Å². The van der Waals surface area contributed by atoms with E-state index in [0.717, 1.165) is 19.0 Å². The number of carbonyl (C=O) groups is 1. The van der Waals surface area contributed by atoms with Gasteiger partial charge in [-0.3, -0.25) is 9.69 Å². The van der Waals surface area contributed by atoms with Gasteiger partial charge in [0.15, 0.2) is 0 Å². The smallest absolute Gasteiger partial charge is 0.234 e. The van der Waals surface area contributed by atoms with E-state index >= 15 is 0 Å². The van der Waals surface area contributed by atoms with Crippen LogP contribution in [0.3, 0.4) is 0 Å². The lowest BCUT2D eigenvalue weighted by molar-refractivity contribution is -0.123. The van der Waals surface area contributed by atoms with Crippen molar-refractivity contribution in [3.63, 3.8) is 0 Å². The molecule has 0 aromatic carbocycles. The van der Waals surface area contributed by atoms with Crippen molar-refractivity contribution in [1.82, 2.24) is 10.2 Å². The molecule has 1 saturated heterocycles. The van der Waals surface area contributed by atoms with Gasteiger partial charge in [0.05, 0.1) is 12.6 Å². The van der Waals surface area contributed by atoms with Crippen molar-refractivity contribution < 1.29 is 4.79 Å². The maximum absolute atomic E-state index is 12.0. The second-order valence-corrected chi connectivity index (χ2v) is 6.27. The molecule has 2 heterocycles. The molecule has 0 bridgehead atoms. The van der Waals surface area contributed by atoms with Crippen LogP contribution in [0.1, 0.15) is 37.6 Å². The zero-order valence-electron chi connectivity index (χ0n) is 11.2. The van der Waals surface area contributed by atoms with E-state index in [2.05, 4.69) is 23.2 Å². The van der Waals surface area contributed by atoms with Crippen molar-refractivity contribution in [3.05, 3.63) is 22.4 Å². The van der Waals surface area contributed by atoms with E-state index in [1.807, 2.05) is 18.4 Å². The Bertz CT molecular complexity index is 377. The third-order valence-electron chi connectivity index (χ3n) is 3.46. The number of rotatable bonds is 4. The summed E-state index contributed by atoms with van der Waals surface area (Å²) in [5.41, 5.74) is 0. The van der Waals surface area contributed by atoms with Crippen molar-refractivity contribution in [2.45, 2.75) is 32.7 Å². The van der Waals surface area contributed by atoms with Gasteiger partial charge in [0.1, 0.15) is 0 Å². The van der Waals surface area contributed by atoms with Gasteiger partial charge in [-0.15, -0.1) is 11.3 Å². The van der Waals surface area contributed by atoms with Crippen LogP contribution in [0.2, 0.25) is 0 Å². The average Bonchev–Trinajstić information content (AvgIpc) is 2.81. The zero-order valence-corrected chi connectivity index (χ0v) is 12.0. The highest BCUT2D eigenvalue weighted by Gasteiger charge is 2.19. The Hall–Kier alpha value is -0.870. The Labute approximate surface area is 113 Å². The molecule has 1 aliphatic rings. The second-order valence-electron chi connectivity index (χ2n) is 5.29. The van der Waals surface area contributed by atoms with E-state index in [9.17, 15) is 4.79 Å². The summed E-state index contributed by atoms with van der Waals surface area (Å²) in [4.78, 5) is 15.5. The standard InChI is InChI=1S/C14H22N2OS/c1-11-5-3-7-16(9-11)10-14(17)15-12(2)13-6-4-8-18-13/h4,6,8,11-12H,3,5,7,9-10H2,1-2H3,(H,15,17)/t11-,12-/m1/s1. The summed E-state index contributed by atoms with van der Waals surface area (Å²) in [6.07, 6.45) is 2.51. The Morgan fingerprint density at radius 2 is 2.50 bits per heavy atom. The first kappa shape index (κ1) is 13.6. The lowest BCUT2D eigenvalue weighted by atomic mass is 10.0. The molecule has 3 nitrogen and oxygen atoms in total. The van der Waals surface area contributed by atoms with Crippen LogP contribution in [0, 0.1) is 5.92 Å². The Morgan fingerprint density at radius 3 is 3.17 bits per heavy atom. The molecule has 0 aliphatic carbocycles. The third kappa shape index (κ3) is 3.82. The molecular weight excluding hydrogens is 244 g/mol. The second kappa shape index (κ2) is 6.34. The Balaban J connectivity index is 1.78. The van der Waals surface area contributed by atoms with Crippen LogP contribution in [0.4, 0.5) is 0 Å². The minimum absolute atomic E-state index is 0.125. The van der Waals surface area contributed by atoms with Crippen molar-refractivity contribution in [2.24, 2.45) is 5.92 Å². The van der Waals surface area contributed by atoms with Crippen molar-refractivity contribution in [3.8, 4) is 0 Å². The van der Waals surface area contributed by atoms with Gasteiger partial charge in [-0.25, -0.2) is 0 Å². The van der Waals surface area contributed by atoms with Gasteiger partial charge in [0, 0.05) is 11.4 Å². The number of nitrogens with zero attached hydrogens (tertiary/aromatic N) is 1. The minimum Gasteiger partial charge on any atom is -0.348 e. The molecule has 0 unspecified atom stereocenters. The van der Waals surface area contributed by atoms with Crippen LogP contribution in [-0.4, -0.2) is 30.4 Å². The molecule has 0 radical (unpaired) electrons. The van der Waals surface area contributed by atoms with E-state index in [-0.39, 0.29) is 11.9 Å². The van der Waals surface area contributed by atoms with Crippen LogP contribution in [0.15, 0.2) is 17.5 Å². The number of hydrogen-bond acceptors (Lipinski definition) is 3. The number of thiophene rings is 1. The fourth-order valence-electron chi connectivity index (χ4n) is 2.53. The molecule has 100 valence electrons. The van der Waals surface area contributed by atoms with Gasteiger partial charge in [-0.2, -0.15) is 0 Å². The van der Waals surface area contributed by atoms with Crippen molar-refractivity contribution in [1.29, 1.82) is 0 Å². The number of hydrogen-bond donors (Lipinski definition) is 1. The monoisotopic (exact) mass is 266 g/mol. The van der Waals surface area contributed by atoms with Gasteiger partial charge in [0.25, 0.3) is 0 Å². The predicted octanol–water partition coefficient (Wildman–Crippen LogP) is 2.66. The molecule has 2 rings (SSSR count). The fourth-order valence-corrected chi connectivity index (χ4v) is 3.26. The quantitative estimate of drug-likeness (QED) is 0.908. The zero-order chi connectivity index (χ0) is 13.0. The molecular formula is C14H22N2OS. The minimum atomic E-state index is 0.125. The summed E-state index contributed by atoms with van der Waals surface area (Å²) >= 11 is 1.69. The molecule has 0 spiro atoms. The van der Waals surface area contributed by atoms with E-state index < -0.39 is 0 Å². The Kier molecular flexibility index (Phi) is 4.78. The topological polar surface area (TPSA) is 32.3 Å².